The van der Waals surface area contributed by atoms with E-state index >= 15 is 0 Å². The van der Waals surface area contributed by atoms with Crippen LogP contribution >= 0.6 is 0 Å². The van der Waals surface area contributed by atoms with Crippen molar-refractivity contribution in [3.8, 4) is 0 Å². The van der Waals surface area contributed by atoms with Gasteiger partial charge in [0.1, 0.15) is 11.5 Å². The fourth-order valence-corrected chi connectivity index (χ4v) is 2.29. The number of para-hydroxylation sites is 2. The number of hydrogen-bond donors (Lipinski definition) is 1. The standard InChI is InChI=1S/C16H19N3O/c1-2-9-17-10-13-7-8-14(20-13)11-19-12-18-15-5-3-4-6-16(15)19/h3-8,12,17H,2,9-11H2,1H3. The van der Waals surface area contributed by atoms with Crippen LogP contribution in [0.25, 0.3) is 11.0 Å². The Hall–Kier alpha value is -2.07. The Morgan fingerprint density at radius 1 is 1.15 bits per heavy atom. The highest BCUT2D eigenvalue weighted by atomic mass is 16.3. The zero-order valence-electron chi connectivity index (χ0n) is 11.7. The summed E-state index contributed by atoms with van der Waals surface area (Å²) in [7, 11) is 0. The van der Waals surface area contributed by atoms with E-state index in [4.69, 9.17) is 4.42 Å². The van der Waals surface area contributed by atoms with Crippen molar-refractivity contribution in [2.24, 2.45) is 0 Å². The minimum atomic E-state index is 0.717. The molecule has 0 unspecified atom stereocenters. The molecule has 4 heteroatoms. The van der Waals surface area contributed by atoms with Crippen LogP contribution in [0.5, 0.6) is 0 Å². The van der Waals surface area contributed by atoms with Crippen LogP contribution in [0.1, 0.15) is 24.9 Å². The number of nitrogens with zero attached hydrogens (tertiary/aromatic N) is 2. The maximum absolute atomic E-state index is 5.84. The highest BCUT2D eigenvalue weighted by molar-refractivity contribution is 5.74. The van der Waals surface area contributed by atoms with Crippen molar-refractivity contribution in [3.05, 3.63) is 54.2 Å². The van der Waals surface area contributed by atoms with Gasteiger partial charge < -0.3 is 14.3 Å². The first-order valence-electron chi connectivity index (χ1n) is 7.05. The Morgan fingerprint density at radius 3 is 2.90 bits per heavy atom. The fraction of sp³-hybridized carbons (Fsp3) is 0.312. The summed E-state index contributed by atoms with van der Waals surface area (Å²) in [6.07, 6.45) is 3.00. The molecule has 0 aliphatic carbocycles. The van der Waals surface area contributed by atoms with Crippen molar-refractivity contribution in [2.45, 2.75) is 26.4 Å². The van der Waals surface area contributed by atoms with Gasteiger partial charge in [-0.1, -0.05) is 19.1 Å². The molecule has 0 saturated carbocycles. The van der Waals surface area contributed by atoms with Gasteiger partial charge in [-0.15, -0.1) is 0 Å². The summed E-state index contributed by atoms with van der Waals surface area (Å²) in [5.41, 5.74) is 2.15. The zero-order valence-corrected chi connectivity index (χ0v) is 11.7. The van der Waals surface area contributed by atoms with Crippen LogP contribution in [0.2, 0.25) is 0 Å². The van der Waals surface area contributed by atoms with Crippen LogP contribution in [-0.2, 0) is 13.1 Å². The second kappa shape index (κ2) is 5.92. The van der Waals surface area contributed by atoms with E-state index in [1.807, 2.05) is 36.7 Å². The largest absolute Gasteiger partial charge is 0.463 e. The molecule has 1 N–H and O–H groups in total. The number of benzene rings is 1. The lowest BCUT2D eigenvalue weighted by Gasteiger charge is -2.02. The summed E-state index contributed by atoms with van der Waals surface area (Å²) in [5.74, 6) is 1.94. The van der Waals surface area contributed by atoms with Crippen LogP contribution in [0.15, 0.2) is 47.1 Å². The monoisotopic (exact) mass is 269 g/mol. The summed E-state index contributed by atoms with van der Waals surface area (Å²) in [6, 6.07) is 12.2. The van der Waals surface area contributed by atoms with Gasteiger partial charge in [0.25, 0.3) is 0 Å². The van der Waals surface area contributed by atoms with Crippen LogP contribution < -0.4 is 5.32 Å². The lowest BCUT2D eigenvalue weighted by Crippen LogP contribution is -2.13. The van der Waals surface area contributed by atoms with E-state index in [1.165, 1.54) is 0 Å². The first-order valence-corrected chi connectivity index (χ1v) is 7.05. The summed E-state index contributed by atoms with van der Waals surface area (Å²) in [5, 5.41) is 3.34. The van der Waals surface area contributed by atoms with Crippen molar-refractivity contribution in [1.29, 1.82) is 0 Å². The first kappa shape index (κ1) is 12.9. The number of nitrogens with one attached hydrogen (secondary N) is 1. The van der Waals surface area contributed by atoms with Gasteiger partial charge in [0.05, 0.1) is 30.5 Å². The smallest absolute Gasteiger partial charge is 0.124 e. The van der Waals surface area contributed by atoms with Crippen molar-refractivity contribution >= 4 is 11.0 Å². The zero-order chi connectivity index (χ0) is 13.8. The van der Waals surface area contributed by atoms with Crippen molar-refractivity contribution in [2.75, 3.05) is 6.54 Å². The molecule has 2 heterocycles. The Morgan fingerprint density at radius 2 is 2.00 bits per heavy atom. The number of fused-ring (bicyclic) bond motifs is 1. The fourth-order valence-electron chi connectivity index (χ4n) is 2.29. The van der Waals surface area contributed by atoms with Gasteiger partial charge in [0.15, 0.2) is 0 Å². The normalized spacial score (nSPS) is 11.2. The maximum Gasteiger partial charge on any atom is 0.124 e. The van der Waals surface area contributed by atoms with Crippen LogP contribution in [0, 0.1) is 0 Å². The number of aromatic nitrogens is 2. The number of imidazole rings is 1. The van der Waals surface area contributed by atoms with Gasteiger partial charge in [-0.25, -0.2) is 4.98 Å². The molecule has 2 aromatic heterocycles. The highest BCUT2D eigenvalue weighted by Gasteiger charge is 2.06. The number of rotatable bonds is 6. The number of hydrogen-bond acceptors (Lipinski definition) is 3. The first-order chi connectivity index (χ1) is 9.86. The van der Waals surface area contributed by atoms with E-state index in [0.29, 0.717) is 6.54 Å². The topological polar surface area (TPSA) is 43.0 Å². The van der Waals surface area contributed by atoms with Gasteiger partial charge >= 0.3 is 0 Å². The van der Waals surface area contributed by atoms with E-state index in [0.717, 1.165) is 42.1 Å². The van der Waals surface area contributed by atoms with E-state index in [2.05, 4.69) is 27.9 Å². The summed E-state index contributed by atoms with van der Waals surface area (Å²) >= 11 is 0. The van der Waals surface area contributed by atoms with Gasteiger partial charge in [0.2, 0.25) is 0 Å². The molecule has 1 aromatic carbocycles. The molecule has 0 atom stereocenters. The van der Waals surface area contributed by atoms with Crippen molar-refractivity contribution < 1.29 is 4.42 Å². The van der Waals surface area contributed by atoms with E-state index in [-0.39, 0.29) is 0 Å². The molecule has 3 aromatic rings. The van der Waals surface area contributed by atoms with Gasteiger partial charge in [-0.05, 0) is 37.2 Å². The third-order valence-electron chi connectivity index (χ3n) is 3.30. The van der Waals surface area contributed by atoms with Crippen molar-refractivity contribution in [1.82, 2.24) is 14.9 Å². The summed E-state index contributed by atoms with van der Waals surface area (Å²) in [6.45, 7) is 4.68. The van der Waals surface area contributed by atoms with E-state index < -0.39 is 0 Å². The van der Waals surface area contributed by atoms with E-state index in [9.17, 15) is 0 Å². The second-order valence-corrected chi connectivity index (χ2v) is 4.91. The maximum atomic E-state index is 5.84. The van der Waals surface area contributed by atoms with Crippen LogP contribution in [0.4, 0.5) is 0 Å². The molecular formula is C16H19N3O. The minimum absolute atomic E-state index is 0.717. The molecule has 20 heavy (non-hydrogen) atoms. The minimum Gasteiger partial charge on any atom is -0.463 e. The highest BCUT2D eigenvalue weighted by Crippen LogP contribution is 2.15. The molecule has 0 aliphatic rings. The molecule has 0 aliphatic heterocycles. The average molecular weight is 269 g/mol. The van der Waals surface area contributed by atoms with Crippen LogP contribution in [-0.4, -0.2) is 16.1 Å². The Kier molecular flexibility index (Phi) is 3.83. The van der Waals surface area contributed by atoms with E-state index in [1.54, 1.807) is 0 Å². The average Bonchev–Trinajstić information content (AvgIpc) is 3.08. The van der Waals surface area contributed by atoms with Crippen LogP contribution in [0.3, 0.4) is 0 Å². The Labute approximate surface area is 118 Å². The molecule has 0 saturated heterocycles. The third-order valence-corrected chi connectivity index (χ3v) is 3.30. The Balaban J connectivity index is 1.71. The molecule has 0 amide bonds. The molecule has 0 spiro atoms. The molecule has 104 valence electrons. The summed E-state index contributed by atoms with van der Waals surface area (Å²) in [4.78, 5) is 4.39. The molecule has 3 rings (SSSR count). The molecule has 4 nitrogen and oxygen atoms in total. The Bertz CT molecular complexity index is 684. The second-order valence-electron chi connectivity index (χ2n) is 4.91. The molecule has 0 radical (unpaired) electrons. The van der Waals surface area contributed by atoms with Gasteiger partial charge in [0, 0.05) is 0 Å². The predicted octanol–water partition coefficient (Wildman–Crippen LogP) is 3.18. The lowest BCUT2D eigenvalue weighted by atomic mass is 10.3. The quantitative estimate of drug-likeness (QED) is 0.699. The molecule has 0 fully saturated rings. The SMILES string of the molecule is CCCNCc1ccc(Cn2cnc3ccccc32)o1. The summed E-state index contributed by atoms with van der Waals surface area (Å²) < 4.78 is 7.95. The van der Waals surface area contributed by atoms with Gasteiger partial charge in [-0.2, -0.15) is 0 Å². The predicted molar refractivity (Wildman–Crippen MR) is 79.5 cm³/mol. The molecular weight excluding hydrogens is 250 g/mol. The van der Waals surface area contributed by atoms with Gasteiger partial charge in [-0.3, -0.25) is 0 Å². The lowest BCUT2D eigenvalue weighted by molar-refractivity contribution is 0.439. The van der Waals surface area contributed by atoms with Crippen molar-refractivity contribution in [3.63, 3.8) is 0 Å². The molecule has 0 bridgehead atoms. The number of furan rings is 1. The third kappa shape index (κ3) is 2.75.